The second kappa shape index (κ2) is 5.96. The first kappa shape index (κ1) is 15.8. The molecule has 1 saturated heterocycles. The van der Waals surface area contributed by atoms with Gasteiger partial charge in [-0.1, -0.05) is 0 Å². The molecule has 0 amide bonds. The number of nitrogens with zero attached hydrogens (tertiary/aromatic N) is 6. The molecule has 24 heavy (non-hydrogen) atoms. The predicted octanol–water partition coefficient (Wildman–Crippen LogP) is 0.732. The molecular weight excluding hydrogens is 328 g/mol. The molecule has 2 aromatic rings. The normalized spacial score (nSPS) is 20.5. The van der Waals surface area contributed by atoms with E-state index in [0.29, 0.717) is 19.6 Å². The average molecular weight is 350 g/mol. The number of aromatic nitrogens is 5. The van der Waals surface area contributed by atoms with Gasteiger partial charge in [0.2, 0.25) is 10.0 Å². The Hall–Kier alpha value is -1.74. The molecule has 0 atom stereocenters. The van der Waals surface area contributed by atoms with Gasteiger partial charge in [0, 0.05) is 38.4 Å². The van der Waals surface area contributed by atoms with Crippen LogP contribution in [0.4, 0.5) is 0 Å². The van der Waals surface area contributed by atoms with Crippen molar-refractivity contribution in [3.8, 4) is 0 Å². The maximum absolute atomic E-state index is 12.3. The van der Waals surface area contributed by atoms with E-state index in [9.17, 15) is 8.42 Å². The van der Waals surface area contributed by atoms with Crippen LogP contribution in [0.1, 0.15) is 43.3 Å². The maximum atomic E-state index is 12.3. The minimum Gasteiger partial charge on any atom is -0.330 e. The van der Waals surface area contributed by atoms with Crippen molar-refractivity contribution in [2.75, 3.05) is 13.1 Å². The summed E-state index contributed by atoms with van der Waals surface area (Å²) in [6, 6.07) is 0. The summed E-state index contributed by atoms with van der Waals surface area (Å²) in [7, 11) is -1.07. The van der Waals surface area contributed by atoms with Crippen molar-refractivity contribution in [1.29, 1.82) is 0 Å². The Balaban J connectivity index is 1.43. The number of hydrogen-bond acceptors (Lipinski definition) is 5. The van der Waals surface area contributed by atoms with E-state index in [1.54, 1.807) is 16.8 Å². The molecule has 0 bridgehead atoms. The number of piperidine rings is 1. The lowest BCUT2D eigenvalue weighted by Crippen LogP contribution is -2.40. The molecule has 4 rings (SSSR count). The summed E-state index contributed by atoms with van der Waals surface area (Å²) in [4.78, 5) is 4.04. The highest BCUT2D eigenvalue weighted by Gasteiger charge is 2.41. The fraction of sp³-hybridized carbons (Fsp3) is 0.667. The van der Waals surface area contributed by atoms with Crippen molar-refractivity contribution in [3.63, 3.8) is 0 Å². The molecule has 0 N–H and O–H groups in total. The van der Waals surface area contributed by atoms with Crippen molar-refractivity contribution >= 4 is 10.0 Å². The van der Waals surface area contributed by atoms with Gasteiger partial charge in [-0.2, -0.15) is 0 Å². The molecule has 0 radical (unpaired) electrons. The van der Waals surface area contributed by atoms with E-state index in [4.69, 9.17) is 0 Å². The monoisotopic (exact) mass is 350 g/mol. The Morgan fingerprint density at radius 1 is 1.17 bits per heavy atom. The van der Waals surface area contributed by atoms with Crippen LogP contribution in [0.5, 0.6) is 0 Å². The Morgan fingerprint density at radius 3 is 2.54 bits per heavy atom. The van der Waals surface area contributed by atoms with Crippen LogP contribution < -0.4 is 0 Å². The number of imidazole rings is 1. The zero-order valence-electron chi connectivity index (χ0n) is 13.7. The fourth-order valence-corrected chi connectivity index (χ4v) is 5.23. The SMILES string of the molecule is Cn1c(Cn2ccnc2)nnc1C1CCN(S(=O)(=O)C2CC2)CC1. The summed E-state index contributed by atoms with van der Waals surface area (Å²) in [6.07, 6.45) is 8.66. The highest BCUT2D eigenvalue weighted by atomic mass is 32.2. The molecule has 9 heteroatoms. The third kappa shape index (κ3) is 2.86. The van der Waals surface area contributed by atoms with Crippen LogP contribution in [0.3, 0.4) is 0 Å². The van der Waals surface area contributed by atoms with E-state index in [1.807, 2.05) is 22.4 Å². The van der Waals surface area contributed by atoms with Crippen LogP contribution in [0.25, 0.3) is 0 Å². The third-order valence-electron chi connectivity index (χ3n) is 5.01. The molecule has 1 saturated carbocycles. The maximum Gasteiger partial charge on any atom is 0.216 e. The molecule has 0 spiro atoms. The molecule has 1 aliphatic heterocycles. The Bertz CT molecular complexity index is 801. The van der Waals surface area contributed by atoms with E-state index < -0.39 is 10.0 Å². The Morgan fingerprint density at radius 2 is 1.92 bits per heavy atom. The van der Waals surface area contributed by atoms with Gasteiger partial charge in [0.05, 0.1) is 18.1 Å². The van der Waals surface area contributed by atoms with Crippen molar-refractivity contribution in [2.45, 2.75) is 43.4 Å². The molecule has 3 heterocycles. The van der Waals surface area contributed by atoms with Gasteiger partial charge in [0.25, 0.3) is 0 Å². The first-order valence-electron chi connectivity index (χ1n) is 8.38. The lowest BCUT2D eigenvalue weighted by Gasteiger charge is -2.30. The first-order valence-corrected chi connectivity index (χ1v) is 9.89. The van der Waals surface area contributed by atoms with Gasteiger partial charge < -0.3 is 9.13 Å². The van der Waals surface area contributed by atoms with Crippen molar-refractivity contribution in [1.82, 2.24) is 28.6 Å². The van der Waals surface area contributed by atoms with Gasteiger partial charge in [0.1, 0.15) is 5.82 Å². The lowest BCUT2D eigenvalue weighted by atomic mass is 9.97. The molecule has 8 nitrogen and oxygen atoms in total. The topological polar surface area (TPSA) is 85.9 Å². The standard InChI is InChI=1S/C15H22N6O2S/c1-19-14(10-20-9-6-16-11-20)17-18-15(19)12-4-7-21(8-5-12)24(22,23)13-2-3-13/h6,9,11-13H,2-5,7-8,10H2,1H3. The van der Waals surface area contributed by atoms with Crippen molar-refractivity contribution in [3.05, 3.63) is 30.4 Å². The van der Waals surface area contributed by atoms with Crippen LogP contribution in [0.2, 0.25) is 0 Å². The molecule has 2 fully saturated rings. The van der Waals surface area contributed by atoms with Gasteiger partial charge >= 0.3 is 0 Å². The summed E-state index contributed by atoms with van der Waals surface area (Å²) in [6.45, 7) is 1.82. The largest absolute Gasteiger partial charge is 0.330 e. The van der Waals surface area contributed by atoms with Gasteiger partial charge in [-0.15, -0.1) is 10.2 Å². The van der Waals surface area contributed by atoms with E-state index in [-0.39, 0.29) is 11.2 Å². The first-order chi connectivity index (χ1) is 11.6. The van der Waals surface area contributed by atoms with Gasteiger partial charge in [-0.25, -0.2) is 17.7 Å². The fourth-order valence-electron chi connectivity index (χ4n) is 3.36. The van der Waals surface area contributed by atoms with E-state index in [0.717, 1.165) is 37.3 Å². The molecular formula is C15H22N6O2S. The second-order valence-electron chi connectivity index (χ2n) is 6.69. The highest BCUT2D eigenvalue weighted by Crippen LogP contribution is 2.35. The Kier molecular flexibility index (Phi) is 3.92. The van der Waals surface area contributed by atoms with Gasteiger partial charge in [0.15, 0.2) is 5.82 Å². The predicted molar refractivity (Wildman–Crippen MR) is 87.8 cm³/mol. The average Bonchev–Trinajstić information content (AvgIpc) is 3.23. The van der Waals surface area contributed by atoms with Crippen LogP contribution in [-0.4, -0.2) is 55.4 Å². The Labute approximate surface area is 141 Å². The van der Waals surface area contributed by atoms with Crippen LogP contribution in [0, 0.1) is 0 Å². The quantitative estimate of drug-likeness (QED) is 0.793. The number of rotatable bonds is 5. The van der Waals surface area contributed by atoms with E-state index in [2.05, 4.69) is 15.2 Å². The summed E-state index contributed by atoms with van der Waals surface area (Å²) >= 11 is 0. The van der Waals surface area contributed by atoms with E-state index in [1.165, 1.54) is 0 Å². The lowest BCUT2D eigenvalue weighted by molar-refractivity contribution is 0.310. The number of sulfonamides is 1. The third-order valence-corrected chi connectivity index (χ3v) is 7.41. The second-order valence-corrected chi connectivity index (χ2v) is 8.90. The highest BCUT2D eigenvalue weighted by molar-refractivity contribution is 7.90. The summed E-state index contributed by atoms with van der Waals surface area (Å²) in [5, 5.41) is 8.55. The minimum absolute atomic E-state index is 0.120. The molecule has 130 valence electrons. The van der Waals surface area contributed by atoms with Crippen molar-refractivity contribution in [2.24, 2.45) is 7.05 Å². The van der Waals surface area contributed by atoms with Crippen LogP contribution >= 0.6 is 0 Å². The van der Waals surface area contributed by atoms with Crippen LogP contribution in [0.15, 0.2) is 18.7 Å². The minimum atomic E-state index is -3.05. The number of hydrogen-bond donors (Lipinski definition) is 0. The van der Waals surface area contributed by atoms with Gasteiger partial charge in [-0.3, -0.25) is 0 Å². The summed E-state index contributed by atoms with van der Waals surface area (Å²) < 4.78 is 30.3. The summed E-state index contributed by atoms with van der Waals surface area (Å²) in [5.41, 5.74) is 0. The smallest absolute Gasteiger partial charge is 0.216 e. The molecule has 2 aromatic heterocycles. The molecule has 0 aromatic carbocycles. The molecule has 2 aliphatic rings. The molecule has 1 aliphatic carbocycles. The van der Waals surface area contributed by atoms with E-state index >= 15 is 0 Å². The zero-order valence-corrected chi connectivity index (χ0v) is 14.6. The van der Waals surface area contributed by atoms with Crippen LogP contribution in [-0.2, 0) is 23.6 Å². The zero-order chi connectivity index (χ0) is 16.7. The van der Waals surface area contributed by atoms with Crippen molar-refractivity contribution < 1.29 is 8.42 Å². The molecule has 0 unspecified atom stereocenters. The van der Waals surface area contributed by atoms with Gasteiger partial charge in [-0.05, 0) is 25.7 Å². The summed E-state index contributed by atoms with van der Waals surface area (Å²) in [5.74, 6) is 2.11.